The van der Waals surface area contributed by atoms with Gasteiger partial charge in [-0.05, 0) is 32.1 Å². The molecule has 530 valence electrons. The number of amides is 1. The maximum absolute atomic E-state index is 13.1. The number of likely N-dealkylation sites (N-methyl/N-ethyl adjacent to an activating group) is 1. The van der Waals surface area contributed by atoms with Crippen LogP contribution in [0.4, 0.5) is 0 Å². The van der Waals surface area contributed by atoms with Gasteiger partial charge in [0, 0.05) is 6.42 Å². The molecule has 3 atom stereocenters. The maximum Gasteiger partial charge on any atom is 0.268 e. The number of unbranched alkanes of at least 4 members (excludes halogenated alkanes) is 61. The van der Waals surface area contributed by atoms with Gasteiger partial charge in [0.25, 0.3) is 7.82 Å². The molecule has 89 heavy (non-hydrogen) atoms. The first kappa shape index (κ1) is 88.0. The fourth-order valence-corrected chi connectivity index (χ4v) is 13.4. The number of carbonyl (C=O) groups is 1. The molecule has 0 aromatic carbocycles. The second-order valence-corrected chi connectivity index (χ2v) is 30.5. The van der Waals surface area contributed by atoms with E-state index in [0.29, 0.717) is 17.4 Å². The molecule has 0 fully saturated rings. The normalized spacial score (nSPS) is 13.6. The molecule has 0 spiro atoms. The third-order valence-corrected chi connectivity index (χ3v) is 19.9. The summed E-state index contributed by atoms with van der Waals surface area (Å²) in [4.78, 5) is 25.7. The summed E-state index contributed by atoms with van der Waals surface area (Å²) in [5.74, 6) is -0.197. The van der Waals surface area contributed by atoms with Crippen LogP contribution in [0.3, 0.4) is 0 Å². The van der Waals surface area contributed by atoms with Gasteiger partial charge in [-0.2, -0.15) is 0 Å². The zero-order valence-corrected chi connectivity index (χ0v) is 61.8. The number of phosphoric ester groups is 1. The van der Waals surface area contributed by atoms with Crippen molar-refractivity contribution >= 4 is 13.7 Å². The summed E-state index contributed by atoms with van der Waals surface area (Å²) in [6.07, 6.45) is 95.1. The summed E-state index contributed by atoms with van der Waals surface area (Å²) in [6.45, 7) is 4.71. The number of nitrogens with one attached hydrogen (secondary N) is 1. The van der Waals surface area contributed by atoms with E-state index in [-0.39, 0.29) is 19.1 Å². The van der Waals surface area contributed by atoms with Crippen LogP contribution in [0.25, 0.3) is 0 Å². The quantitative estimate of drug-likeness (QED) is 0.0272. The van der Waals surface area contributed by atoms with Crippen LogP contribution in [0.1, 0.15) is 431 Å². The molecule has 2 N–H and O–H groups in total. The summed E-state index contributed by atoms with van der Waals surface area (Å²) in [6, 6.07) is -0.903. The minimum Gasteiger partial charge on any atom is -0.756 e. The lowest BCUT2D eigenvalue weighted by molar-refractivity contribution is -0.870. The van der Waals surface area contributed by atoms with Crippen LogP contribution >= 0.6 is 7.82 Å². The predicted octanol–water partition coefficient (Wildman–Crippen LogP) is 25.5. The number of aliphatic hydroxyl groups is 1. The number of nitrogens with zero attached hydrogens (tertiary/aromatic N) is 1. The van der Waals surface area contributed by atoms with E-state index in [1.807, 2.05) is 27.2 Å². The van der Waals surface area contributed by atoms with E-state index in [0.717, 1.165) is 38.5 Å². The lowest BCUT2D eigenvalue weighted by Crippen LogP contribution is -2.45. The topological polar surface area (TPSA) is 108 Å². The first-order valence-corrected chi connectivity index (χ1v) is 41.7. The van der Waals surface area contributed by atoms with Crippen molar-refractivity contribution < 1.29 is 32.9 Å². The molecule has 0 aromatic heterocycles. The standard InChI is InChI=1S/C80H159N2O6P/c1-6-8-10-12-14-16-18-20-22-24-26-28-30-32-34-35-36-37-38-39-40-41-42-43-44-45-46-48-50-52-54-56-58-60-62-64-66-68-70-72-74-80(84)81-78(77-88-89(85,86)87-76-75-82(3,4)5)79(83)73-71-69-67-65-63-61-59-57-55-53-51-49-47-33-31-29-27-25-23-21-19-17-15-13-11-9-7-2/h63,65,71,73,78-79,83H,6-62,64,66-70,72,74-77H2,1-5H3,(H-,81,84,85,86)/b65-63+,73-71+. The highest BCUT2D eigenvalue weighted by Crippen LogP contribution is 2.38. The molecule has 8 nitrogen and oxygen atoms in total. The SMILES string of the molecule is CCCCCCCCCCCCCCCCCCCCCCC/C=C/CC/C=C/C(O)C(COP(=O)([O-])OCC[N+](C)(C)C)NC(=O)CCCCCCCCCCCCCCCCCCCCCCCCCCCCCCCCCCCCCCCCCC. The minimum atomic E-state index is -4.61. The average molecular weight is 1280 g/mol. The average Bonchev–Trinajstić information content (AvgIpc) is 3.65. The third kappa shape index (κ3) is 74.2. The maximum atomic E-state index is 13.1. The Labute approximate surface area is 557 Å². The summed E-state index contributed by atoms with van der Waals surface area (Å²) in [7, 11) is 1.27. The van der Waals surface area contributed by atoms with Gasteiger partial charge in [-0.1, -0.05) is 417 Å². The number of rotatable bonds is 76. The highest BCUT2D eigenvalue weighted by atomic mass is 31.2. The largest absolute Gasteiger partial charge is 0.756 e. The lowest BCUT2D eigenvalue weighted by Gasteiger charge is -2.29. The molecule has 0 saturated heterocycles. The summed E-state index contributed by atoms with van der Waals surface area (Å²) in [5.41, 5.74) is 0. The van der Waals surface area contributed by atoms with E-state index < -0.39 is 20.0 Å². The Bertz CT molecular complexity index is 1500. The van der Waals surface area contributed by atoms with Gasteiger partial charge in [0.1, 0.15) is 13.2 Å². The number of quaternary nitrogens is 1. The molecule has 0 heterocycles. The van der Waals surface area contributed by atoms with Gasteiger partial charge in [0.2, 0.25) is 5.91 Å². The van der Waals surface area contributed by atoms with Crippen LogP contribution in [0.15, 0.2) is 24.3 Å². The van der Waals surface area contributed by atoms with Crippen LogP contribution in [0.5, 0.6) is 0 Å². The number of hydrogen-bond donors (Lipinski definition) is 2. The number of phosphoric acid groups is 1. The monoisotopic (exact) mass is 1280 g/mol. The van der Waals surface area contributed by atoms with E-state index in [1.165, 1.54) is 372 Å². The Morgan fingerprint density at radius 3 is 0.910 bits per heavy atom. The van der Waals surface area contributed by atoms with Crippen molar-refractivity contribution in [1.29, 1.82) is 0 Å². The van der Waals surface area contributed by atoms with Gasteiger partial charge in [0.15, 0.2) is 0 Å². The highest BCUT2D eigenvalue weighted by Gasteiger charge is 2.23. The Kier molecular flexibility index (Phi) is 70.5. The predicted molar refractivity (Wildman–Crippen MR) is 390 cm³/mol. The van der Waals surface area contributed by atoms with Crippen molar-refractivity contribution in [1.82, 2.24) is 5.32 Å². The Morgan fingerprint density at radius 2 is 0.629 bits per heavy atom. The molecule has 0 aromatic rings. The van der Waals surface area contributed by atoms with E-state index in [1.54, 1.807) is 6.08 Å². The molecule has 3 unspecified atom stereocenters. The highest BCUT2D eigenvalue weighted by molar-refractivity contribution is 7.45. The molecular weight excluding hydrogens is 1120 g/mol. The molecule has 0 aliphatic carbocycles. The first-order chi connectivity index (χ1) is 43.5. The molecule has 0 aliphatic heterocycles. The van der Waals surface area contributed by atoms with Gasteiger partial charge >= 0.3 is 0 Å². The van der Waals surface area contributed by atoms with Crippen molar-refractivity contribution in [2.24, 2.45) is 0 Å². The van der Waals surface area contributed by atoms with Gasteiger partial charge in [0.05, 0.1) is 39.9 Å². The number of hydrogen-bond acceptors (Lipinski definition) is 6. The van der Waals surface area contributed by atoms with Gasteiger partial charge in [-0.15, -0.1) is 0 Å². The second kappa shape index (κ2) is 71.3. The van der Waals surface area contributed by atoms with Gasteiger partial charge in [-0.3, -0.25) is 9.36 Å². The number of allylic oxidation sites excluding steroid dienone is 3. The zero-order chi connectivity index (χ0) is 64.8. The Balaban J connectivity index is 3.92. The van der Waals surface area contributed by atoms with Crippen LogP contribution in [0, 0.1) is 0 Å². The van der Waals surface area contributed by atoms with Gasteiger partial charge in [-0.25, -0.2) is 0 Å². The van der Waals surface area contributed by atoms with Crippen molar-refractivity contribution in [3.63, 3.8) is 0 Å². The van der Waals surface area contributed by atoms with Crippen LogP contribution < -0.4 is 10.2 Å². The van der Waals surface area contributed by atoms with E-state index >= 15 is 0 Å². The van der Waals surface area contributed by atoms with E-state index in [4.69, 9.17) is 9.05 Å². The summed E-state index contributed by atoms with van der Waals surface area (Å²) in [5, 5.41) is 14.0. The van der Waals surface area contributed by atoms with Crippen molar-refractivity contribution in [3.05, 3.63) is 24.3 Å². The van der Waals surface area contributed by atoms with Crippen LogP contribution in [-0.2, 0) is 18.4 Å². The third-order valence-electron chi connectivity index (χ3n) is 18.9. The molecule has 0 radical (unpaired) electrons. The number of aliphatic hydroxyl groups excluding tert-OH is 1. The van der Waals surface area contributed by atoms with E-state index in [9.17, 15) is 19.4 Å². The van der Waals surface area contributed by atoms with Crippen LogP contribution in [0.2, 0.25) is 0 Å². The molecule has 0 aliphatic rings. The zero-order valence-electron chi connectivity index (χ0n) is 60.9. The molecule has 0 bridgehead atoms. The van der Waals surface area contributed by atoms with Crippen LogP contribution in [-0.4, -0.2) is 68.5 Å². The van der Waals surface area contributed by atoms with Crippen molar-refractivity contribution in [3.8, 4) is 0 Å². The number of carbonyl (C=O) groups excluding carboxylic acids is 1. The molecule has 9 heteroatoms. The first-order valence-electron chi connectivity index (χ1n) is 40.2. The van der Waals surface area contributed by atoms with Crippen molar-refractivity contribution in [2.45, 2.75) is 443 Å². The Morgan fingerprint density at radius 1 is 0.382 bits per heavy atom. The smallest absolute Gasteiger partial charge is 0.268 e. The molecule has 0 rings (SSSR count). The summed E-state index contributed by atoms with van der Waals surface area (Å²) < 4.78 is 23.5. The summed E-state index contributed by atoms with van der Waals surface area (Å²) >= 11 is 0. The molecule has 0 saturated carbocycles. The fourth-order valence-electron chi connectivity index (χ4n) is 12.7. The van der Waals surface area contributed by atoms with Crippen molar-refractivity contribution in [2.75, 3.05) is 40.9 Å². The second-order valence-electron chi connectivity index (χ2n) is 29.1. The fraction of sp³-hybridized carbons (Fsp3) is 0.938. The molecular formula is C80H159N2O6P. The Hall–Kier alpha value is -1.02. The van der Waals surface area contributed by atoms with E-state index in [2.05, 4.69) is 31.3 Å². The lowest BCUT2D eigenvalue weighted by atomic mass is 10.0. The molecule has 1 amide bonds. The van der Waals surface area contributed by atoms with Gasteiger partial charge < -0.3 is 28.8 Å². The minimum absolute atomic E-state index is 0.00329.